The maximum atomic E-state index is 13.7. The van der Waals surface area contributed by atoms with Crippen molar-refractivity contribution in [3.63, 3.8) is 0 Å². The molecule has 1 aliphatic rings. The lowest BCUT2D eigenvalue weighted by Crippen LogP contribution is -2.32. The van der Waals surface area contributed by atoms with Gasteiger partial charge in [-0.15, -0.1) is 0 Å². The summed E-state index contributed by atoms with van der Waals surface area (Å²) < 4.78 is 1.55. The molecular weight excluding hydrogens is 456 g/mol. The predicted octanol–water partition coefficient (Wildman–Crippen LogP) is 2.80. The second-order valence-electron chi connectivity index (χ2n) is 7.94. The standard InChI is InChI=1S/C23H17ClN8O2/c24-14-5-1-6-15-17(14)23(34)32(13-4-2-8-25-10-13)20(30-15)16-7-3-9-31(16)21-18-19(26-11-28-21)27-12-29-22(18)33/h1-2,4-6,8,10-12,16H,3,7,9H2,(H,26,27,28,29,33). The number of rotatable bonds is 3. The average Bonchev–Trinajstić information content (AvgIpc) is 3.34. The zero-order valence-corrected chi connectivity index (χ0v) is 18.5. The van der Waals surface area contributed by atoms with E-state index in [1.54, 1.807) is 47.3 Å². The highest BCUT2D eigenvalue weighted by Crippen LogP contribution is 2.37. The van der Waals surface area contributed by atoms with Crippen molar-refractivity contribution >= 4 is 39.4 Å². The van der Waals surface area contributed by atoms with E-state index in [4.69, 9.17) is 16.6 Å². The molecule has 1 aliphatic heterocycles. The maximum absolute atomic E-state index is 13.7. The second-order valence-corrected chi connectivity index (χ2v) is 8.34. The molecule has 1 N–H and O–H groups in total. The van der Waals surface area contributed by atoms with E-state index in [2.05, 4.69) is 24.9 Å². The minimum Gasteiger partial charge on any atom is -0.346 e. The summed E-state index contributed by atoms with van der Waals surface area (Å²) in [5, 5.41) is 0.979. The van der Waals surface area contributed by atoms with E-state index in [1.807, 2.05) is 4.90 Å². The van der Waals surface area contributed by atoms with Crippen molar-refractivity contribution in [1.82, 2.24) is 34.5 Å². The Kier molecular flexibility index (Phi) is 4.80. The smallest absolute Gasteiger partial charge is 0.285 e. The number of aromatic nitrogens is 7. The molecule has 11 heteroatoms. The SMILES string of the molecule is O=c1nc[nH]c2ncnc(N3CCCC3c3nc4cccc(Cl)c4c(=O)n3-c3cccnc3)c12. The summed E-state index contributed by atoms with van der Waals surface area (Å²) in [7, 11) is 0. The van der Waals surface area contributed by atoms with Gasteiger partial charge in [0.15, 0.2) is 0 Å². The van der Waals surface area contributed by atoms with Crippen molar-refractivity contribution < 1.29 is 0 Å². The van der Waals surface area contributed by atoms with Crippen LogP contribution in [0.1, 0.15) is 24.7 Å². The Morgan fingerprint density at radius 3 is 2.82 bits per heavy atom. The van der Waals surface area contributed by atoms with Gasteiger partial charge in [0.25, 0.3) is 11.1 Å². The molecule has 4 aromatic heterocycles. The molecule has 0 spiro atoms. The molecule has 10 nitrogen and oxygen atoms in total. The molecule has 0 saturated carbocycles. The highest BCUT2D eigenvalue weighted by atomic mass is 35.5. The third kappa shape index (κ3) is 3.14. The third-order valence-corrected chi connectivity index (χ3v) is 6.34. The predicted molar refractivity (Wildman–Crippen MR) is 127 cm³/mol. The van der Waals surface area contributed by atoms with Crippen molar-refractivity contribution in [2.45, 2.75) is 18.9 Å². The first-order valence-corrected chi connectivity index (χ1v) is 11.1. The fourth-order valence-corrected chi connectivity index (χ4v) is 4.82. The van der Waals surface area contributed by atoms with Crippen LogP contribution < -0.4 is 16.0 Å². The van der Waals surface area contributed by atoms with Gasteiger partial charge in [0, 0.05) is 12.7 Å². The number of pyridine rings is 1. The molecule has 34 heavy (non-hydrogen) atoms. The zero-order valence-electron chi connectivity index (χ0n) is 17.7. The van der Waals surface area contributed by atoms with Gasteiger partial charge in [0.1, 0.15) is 29.0 Å². The van der Waals surface area contributed by atoms with Crippen LogP contribution in [0, 0.1) is 0 Å². The van der Waals surface area contributed by atoms with E-state index in [0.29, 0.717) is 57.3 Å². The van der Waals surface area contributed by atoms with Crippen LogP contribution in [0.3, 0.4) is 0 Å². The Labute approximate surface area is 196 Å². The number of H-pyrrole nitrogens is 1. The Balaban J connectivity index is 1.63. The highest BCUT2D eigenvalue weighted by molar-refractivity contribution is 6.35. The minimum absolute atomic E-state index is 0.280. The van der Waals surface area contributed by atoms with E-state index in [1.165, 1.54) is 12.7 Å². The van der Waals surface area contributed by atoms with Crippen LogP contribution in [0.15, 0.2) is 65.0 Å². The van der Waals surface area contributed by atoms with Crippen molar-refractivity contribution in [3.8, 4) is 5.69 Å². The van der Waals surface area contributed by atoms with Gasteiger partial charge in [-0.3, -0.25) is 19.1 Å². The van der Waals surface area contributed by atoms with Crippen LogP contribution in [-0.4, -0.2) is 41.0 Å². The molecule has 0 amide bonds. The Bertz CT molecular complexity index is 1660. The monoisotopic (exact) mass is 472 g/mol. The van der Waals surface area contributed by atoms with E-state index in [-0.39, 0.29) is 11.6 Å². The van der Waals surface area contributed by atoms with Crippen LogP contribution in [0.25, 0.3) is 27.6 Å². The lowest BCUT2D eigenvalue weighted by atomic mass is 10.1. The van der Waals surface area contributed by atoms with Crippen LogP contribution in [0.4, 0.5) is 5.82 Å². The largest absolute Gasteiger partial charge is 0.346 e. The molecule has 6 rings (SSSR count). The molecule has 1 atom stereocenters. The van der Waals surface area contributed by atoms with E-state index in [0.717, 1.165) is 6.42 Å². The quantitative estimate of drug-likeness (QED) is 0.425. The number of nitrogens with one attached hydrogen (secondary N) is 1. The first kappa shape index (κ1) is 20.4. The van der Waals surface area contributed by atoms with Gasteiger partial charge in [-0.1, -0.05) is 17.7 Å². The second kappa shape index (κ2) is 7.99. The number of benzene rings is 1. The van der Waals surface area contributed by atoms with Gasteiger partial charge in [0.05, 0.1) is 40.2 Å². The van der Waals surface area contributed by atoms with Gasteiger partial charge < -0.3 is 9.88 Å². The van der Waals surface area contributed by atoms with Crippen LogP contribution in [-0.2, 0) is 0 Å². The summed E-state index contributed by atoms with van der Waals surface area (Å²) in [6, 6.07) is 8.45. The normalized spacial score (nSPS) is 15.9. The number of hydrogen-bond donors (Lipinski definition) is 1. The summed E-state index contributed by atoms with van der Waals surface area (Å²) in [6.07, 6.45) is 7.52. The molecule has 0 bridgehead atoms. The van der Waals surface area contributed by atoms with Crippen molar-refractivity contribution in [1.29, 1.82) is 0 Å². The molecular formula is C23H17ClN8O2. The van der Waals surface area contributed by atoms with Gasteiger partial charge in [-0.2, -0.15) is 4.98 Å². The van der Waals surface area contributed by atoms with E-state index < -0.39 is 5.56 Å². The highest BCUT2D eigenvalue weighted by Gasteiger charge is 2.33. The molecule has 0 aliphatic carbocycles. The van der Waals surface area contributed by atoms with Crippen molar-refractivity contribution in [2.24, 2.45) is 0 Å². The Morgan fingerprint density at radius 2 is 1.97 bits per heavy atom. The lowest BCUT2D eigenvalue weighted by Gasteiger charge is -2.28. The van der Waals surface area contributed by atoms with E-state index >= 15 is 0 Å². The first-order valence-electron chi connectivity index (χ1n) is 10.7. The van der Waals surface area contributed by atoms with Crippen LogP contribution >= 0.6 is 11.6 Å². The zero-order chi connectivity index (χ0) is 23.2. The number of nitrogens with zero attached hydrogens (tertiary/aromatic N) is 7. The number of fused-ring (bicyclic) bond motifs is 2. The van der Waals surface area contributed by atoms with Gasteiger partial charge in [-0.05, 0) is 37.1 Å². The average molecular weight is 473 g/mol. The molecule has 168 valence electrons. The third-order valence-electron chi connectivity index (χ3n) is 6.02. The molecule has 1 saturated heterocycles. The minimum atomic E-state index is -0.419. The lowest BCUT2D eigenvalue weighted by molar-refractivity contribution is 0.633. The fraction of sp³-hybridized carbons (Fsp3) is 0.174. The number of aromatic amines is 1. The molecule has 1 fully saturated rings. The summed E-state index contributed by atoms with van der Waals surface area (Å²) in [5.74, 6) is 0.984. The molecule has 1 unspecified atom stereocenters. The Morgan fingerprint density at radius 1 is 1.06 bits per heavy atom. The number of anilines is 1. The summed E-state index contributed by atoms with van der Waals surface area (Å²) in [4.78, 5) is 52.8. The van der Waals surface area contributed by atoms with E-state index in [9.17, 15) is 9.59 Å². The van der Waals surface area contributed by atoms with Gasteiger partial charge in [-0.25, -0.2) is 15.0 Å². The fourth-order valence-electron chi connectivity index (χ4n) is 4.57. The van der Waals surface area contributed by atoms with Gasteiger partial charge >= 0.3 is 0 Å². The van der Waals surface area contributed by atoms with Crippen molar-refractivity contribution in [2.75, 3.05) is 11.4 Å². The number of hydrogen-bond acceptors (Lipinski definition) is 8. The summed E-state index contributed by atoms with van der Waals surface area (Å²) >= 11 is 6.40. The van der Waals surface area contributed by atoms with Gasteiger partial charge in [0.2, 0.25) is 0 Å². The molecule has 5 heterocycles. The first-order chi connectivity index (χ1) is 16.6. The topological polar surface area (TPSA) is 123 Å². The van der Waals surface area contributed by atoms with Crippen LogP contribution in [0.5, 0.6) is 0 Å². The van der Waals surface area contributed by atoms with Crippen molar-refractivity contribution in [3.05, 3.63) is 86.9 Å². The summed E-state index contributed by atoms with van der Waals surface area (Å²) in [6.45, 7) is 0.627. The molecule has 5 aromatic rings. The molecule has 1 aromatic carbocycles. The molecule has 0 radical (unpaired) electrons. The Hall–Kier alpha value is -4.18. The maximum Gasteiger partial charge on any atom is 0.285 e. The summed E-state index contributed by atoms with van der Waals surface area (Å²) in [5.41, 5.74) is 0.788. The number of halogens is 1. The van der Waals surface area contributed by atoms with Crippen LogP contribution in [0.2, 0.25) is 5.02 Å².